The number of amides is 1. The highest BCUT2D eigenvalue weighted by Crippen LogP contribution is 2.27. The molecule has 0 unspecified atom stereocenters. The summed E-state index contributed by atoms with van der Waals surface area (Å²) in [6.07, 6.45) is 1.55. The smallest absolute Gasteiger partial charge is 0.241 e. The molecule has 7 nitrogen and oxygen atoms in total. The van der Waals surface area contributed by atoms with Gasteiger partial charge in [0, 0.05) is 21.6 Å². The van der Waals surface area contributed by atoms with Crippen LogP contribution in [0, 0.1) is 5.92 Å². The maximum absolute atomic E-state index is 12.6. The number of carbonyl (C=O) groups excluding carboxylic acids is 1. The summed E-state index contributed by atoms with van der Waals surface area (Å²) in [6.45, 7) is 2.15. The minimum absolute atomic E-state index is 0.0256. The van der Waals surface area contributed by atoms with Crippen LogP contribution in [-0.2, 0) is 11.3 Å². The van der Waals surface area contributed by atoms with E-state index in [0.29, 0.717) is 29.0 Å². The SMILES string of the molecule is COc1ccc(-c2noc(CN3CCC(C(=O)Nc4ccc(Br)c(Cl)c4)CC3)n2)cc1. The fourth-order valence-corrected chi connectivity index (χ4v) is 3.97. The van der Waals surface area contributed by atoms with Crippen LogP contribution in [0.2, 0.25) is 5.02 Å². The number of hydrogen-bond acceptors (Lipinski definition) is 6. The topological polar surface area (TPSA) is 80.5 Å². The van der Waals surface area contributed by atoms with Crippen LogP contribution in [0.25, 0.3) is 11.4 Å². The van der Waals surface area contributed by atoms with E-state index >= 15 is 0 Å². The molecule has 2 heterocycles. The van der Waals surface area contributed by atoms with Crippen LogP contribution in [-0.4, -0.2) is 41.1 Å². The lowest BCUT2D eigenvalue weighted by Gasteiger charge is -2.30. The summed E-state index contributed by atoms with van der Waals surface area (Å²) in [5.41, 5.74) is 1.58. The third kappa shape index (κ3) is 5.44. The number of nitrogens with one attached hydrogen (secondary N) is 1. The normalized spacial score (nSPS) is 15.1. The third-order valence-corrected chi connectivity index (χ3v) is 6.55. The second-order valence-electron chi connectivity index (χ2n) is 7.41. The van der Waals surface area contributed by atoms with Gasteiger partial charge < -0.3 is 14.6 Å². The molecule has 0 saturated carbocycles. The maximum atomic E-state index is 12.6. The Morgan fingerprint density at radius 1 is 1.26 bits per heavy atom. The van der Waals surface area contributed by atoms with Gasteiger partial charge >= 0.3 is 0 Å². The number of rotatable bonds is 6. The molecule has 1 N–H and O–H groups in total. The van der Waals surface area contributed by atoms with Crippen molar-refractivity contribution in [2.75, 3.05) is 25.5 Å². The Kier molecular flexibility index (Phi) is 6.89. The molecular formula is C22H22BrClN4O3. The summed E-state index contributed by atoms with van der Waals surface area (Å²) in [5, 5.41) is 7.61. The predicted molar refractivity (Wildman–Crippen MR) is 122 cm³/mol. The largest absolute Gasteiger partial charge is 0.497 e. The van der Waals surface area contributed by atoms with Gasteiger partial charge in [-0.1, -0.05) is 16.8 Å². The zero-order chi connectivity index (χ0) is 21.8. The lowest BCUT2D eigenvalue weighted by molar-refractivity contribution is -0.121. The first-order chi connectivity index (χ1) is 15.0. The van der Waals surface area contributed by atoms with Crippen LogP contribution < -0.4 is 10.1 Å². The molecule has 1 amide bonds. The van der Waals surface area contributed by atoms with Gasteiger partial charge in [-0.2, -0.15) is 4.98 Å². The molecule has 2 aromatic carbocycles. The van der Waals surface area contributed by atoms with E-state index in [0.717, 1.165) is 41.7 Å². The van der Waals surface area contributed by atoms with Gasteiger partial charge in [0.2, 0.25) is 17.6 Å². The average molecular weight is 506 g/mol. The first-order valence-corrected chi connectivity index (χ1v) is 11.1. The fraction of sp³-hybridized carbons (Fsp3) is 0.318. The summed E-state index contributed by atoms with van der Waals surface area (Å²) in [5.74, 6) is 1.90. The van der Waals surface area contributed by atoms with Crippen molar-refractivity contribution in [3.05, 3.63) is 57.9 Å². The van der Waals surface area contributed by atoms with Crippen molar-refractivity contribution in [1.29, 1.82) is 0 Å². The van der Waals surface area contributed by atoms with Crippen molar-refractivity contribution in [1.82, 2.24) is 15.0 Å². The Hall–Kier alpha value is -2.42. The average Bonchev–Trinajstić information content (AvgIpc) is 3.25. The van der Waals surface area contributed by atoms with Crippen molar-refractivity contribution >= 4 is 39.1 Å². The maximum Gasteiger partial charge on any atom is 0.241 e. The van der Waals surface area contributed by atoms with Gasteiger partial charge in [-0.25, -0.2) is 0 Å². The van der Waals surface area contributed by atoms with Gasteiger partial charge in [-0.3, -0.25) is 9.69 Å². The first kappa shape index (κ1) is 21.8. The number of aromatic nitrogens is 2. The number of benzene rings is 2. The Bertz CT molecular complexity index is 1050. The summed E-state index contributed by atoms with van der Waals surface area (Å²) >= 11 is 9.46. The van der Waals surface area contributed by atoms with Crippen LogP contribution in [0.3, 0.4) is 0 Å². The molecule has 1 aliphatic heterocycles. The zero-order valence-corrected chi connectivity index (χ0v) is 19.3. The Balaban J connectivity index is 1.28. The van der Waals surface area contributed by atoms with Crippen molar-refractivity contribution in [3.63, 3.8) is 0 Å². The summed E-state index contributed by atoms with van der Waals surface area (Å²) < 4.78 is 11.4. The van der Waals surface area contributed by atoms with E-state index in [2.05, 4.69) is 36.3 Å². The molecule has 9 heteroatoms. The Labute approximate surface area is 193 Å². The van der Waals surface area contributed by atoms with Crippen molar-refractivity contribution in [2.45, 2.75) is 19.4 Å². The lowest BCUT2D eigenvalue weighted by Crippen LogP contribution is -2.37. The monoisotopic (exact) mass is 504 g/mol. The molecule has 1 saturated heterocycles. The van der Waals surface area contributed by atoms with Gasteiger partial charge in [0.15, 0.2) is 0 Å². The molecule has 1 aromatic heterocycles. The highest BCUT2D eigenvalue weighted by atomic mass is 79.9. The summed E-state index contributed by atoms with van der Waals surface area (Å²) in [4.78, 5) is 19.3. The van der Waals surface area contributed by atoms with E-state index in [9.17, 15) is 4.79 Å². The number of hydrogen-bond donors (Lipinski definition) is 1. The minimum atomic E-state index is -0.0313. The molecule has 3 aromatic rings. The van der Waals surface area contributed by atoms with E-state index in [1.807, 2.05) is 36.4 Å². The van der Waals surface area contributed by atoms with Crippen LogP contribution in [0.1, 0.15) is 18.7 Å². The molecular weight excluding hydrogens is 484 g/mol. The number of methoxy groups -OCH3 is 1. The number of likely N-dealkylation sites (tertiary alicyclic amines) is 1. The van der Waals surface area contributed by atoms with Crippen LogP contribution in [0.5, 0.6) is 5.75 Å². The molecule has 162 valence electrons. The van der Waals surface area contributed by atoms with E-state index in [1.165, 1.54) is 0 Å². The Morgan fingerprint density at radius 2 is 2.00 bits per heavy atom. The summed E-state index contributed by atoms with van der Waals surface area (Å²) in [6, 6.07) is 12.9. The van der Waals surface area contributed by atoms with Gasteiger partial charge in [0.25, 0.3) is 0 Å². The van der Waals surface area contributed by atoms with Gasteiger partial charge in [0.1, 0.15) is 5.75 Å². The van der Waals surface area contributed by atoms with E-state index in [1.54, 1.807) is 13.2 Å². The molecule has 0 atom stereocenters. The van der Waals surface area contributed by atoms with Crippen LogP contribution in [0.15, 0.2) is 51.5 Å². The predicted octanol–water partition coefficient (Wildman–Crippen LogP) is 5.01. The highest BCUT2D eigenvalue weighted by molar-refractivity contribution is 9.10. The fourth-order valence-electron chi connectivity index (χ4n) is 3.54. The second kappa shape index (κ2) is 9.80. The van der Waals surface area contributed by atoms with Gasteiger partial charge in [0.05, 0.1) is 18.7 Å². The molecule has 31 heavy (non-hydrogen) atoms. The highest BCUT2D eigenvalue weighted by Gasteiger charge is 2.26. The van der Waals surface area contributed by atoms with E-state index < -0.39 is 0 Å². The van der Waals surface area contributed by atoms with Gasteiger partial charge in [-0.05, 0) is 84.3 Å². The van der Waals surface area contributed by atoms with Crippen molar-refractivity contribution in [3.8, 4) is 17.1 Å². The first-order valence-electron chi connectivity index (χ1n) is 9.97. The van der Waals surface area contributed by atoms with Crippen molar-refractivity contribution < 1.29 is 14.1 Å². The number of carbonyl (C=O) groups is 1. The molecule has 1 aliphatic rings. The quantitative estimate of drug-likeness (QED) is 0.507. The molecule has 4 rings (SSSR count). The molecule has 0 bridgehead atoms. The zero-order valence-electron chi connectivity index (χ0n) is 17.0. The van der Waals surface area contributed by atoms with Crippen LogP contribution >= 0.6 is 27.5 Å². The Morgan fingerprint density at radius 3 is 2.68 bits per heavy atom. The number of nitrogens with zero attached hydrogens (tertiary/aromatic N) is 3. The van der Waals surface area contributed by atoms with Crippen molar-refractivity contribution in [2.24, 2.45) is 5.92 Å². The second-order valence-corrected chi connectivity index (χ2v) is 8.67. The number of ether oxygens (including phenoxy) is 1. The number of anilines is 1. The molecule has 0 aliphatic carbocycles. The molecule has 0 spiro atoms. The van der Waals surface area contributed by atoms with E-state index in [-0.39, 0.29) is 11.8 Å². The molecule has 1 fully saturated rings. The van der Waals surface area contributed by atoms with Crippen LogP contribution in [0.4, 0.5) is 5.69 Å². The van der Waals surface area contributed by atoms with E-state index in [4.69, 9.17) is 20.9 Å². The number of piperidine rings is 1. The molecule has 0 radical (unpaired) electrons. The standard InChI is InChI=1S/C22H22BrClN4O3/c1-30-17-5-2-14(3-6-17)21-26-20(31-27-21)13-28-10-8-15(9-11-28)22(29)25-16-4-7-18(23)19(24)12-16/h2-7,12,15H,8-11,13H2,1H3,(H,25,29). The minimum Gasteiger partial charge on any atom is -0.497 e. The third-order valence-electron chi connectivity index (χ3n) is 5.32. The van der Waals surface area contributed by atoms with Gasteiger partial charge in [-0.15, -0.1) is 0 Å². The summed E-state index contributed by atoms with van der Waals surface area (Å²) in [7, 11) is 1.63. The lowest BCUT2D eigenvalue weighted by atomic mass is 9.96. The number of halogens is 2.